The van der Waals surface area contributed by atoms with Gasteiger partial charge in [-0.05, 0) is 45.7 Å². The quantitative estimate of drug-likeness (QED) is 0.504. The Morgan fingerprint density at radius 2 is 1.68 bits per heavy atom. The van der Waals surface area contributed by atoms with Gasteiger partial charge in [0.15, 0.2) is 5.78 Å². The molecule has 162 valence electrons. The van der Waals surface area contributed by atoms with E-state index in [2.05, 4.69) is 5.32 Å². The van der Waals surface area contributed by atoms with Gasteiger partial charge in [-0.1, -0.05) is 20.8 Å². The van der Waals surface area contributed by atoms with Crippen LogP contribution in [0.15, 0.2) is 0 Å². The molecular formula is C20H37N3O5. The van der Waals surface area contributed by atoms with Gasteiger partial charge in [-0.25, -0.2) is 0 Å². The first-order valence-electron chi connectivity index (χ1n) is 10.1. The van der Waals surface area contributed by atoms with E-state index in [9.17, 15) is 24.6 Å². The van der Waals surface area contributed by atoms with Crippen LogP contribution in [0.5, 0.6) is 0 Å². The third-order valence-electron chi connectivity index (χ3n) is 5.45. The van der Waals surface area contributed by atoms with E-state index in [1.165, 1.54) is 6.92 Å². The van der Waals surface area contributed by atoms with Crippen molar-refractivity contribution in [3.8, 4) is 0 Å². The highest BCUT2D eigenvalue weighted by molar-refractivity contribution is 5.90. The van der Waals surface area contributed by atoms with E-state index in [1.807, 2.05) is 13.8 Å². The van der Waals surface area contributed by atoms with E-state index in [1.54, 1.807) is 30.8 Å². The number of amides is 2. The molecule has 4 atom stereocenters. The van der Waals surface area contributed by atoms with Crippen LogP contribution in [0.2, 0.25) is 0 Å². The van der Waals surface area contributed by atoms with Crippen LogP contribution in [0.25, 0.3) is 0 Å². The van der Waals surface area contributed by atoms with Crippen molar-refractivity contribution in [2.75, 3.05) is 27.2 Å². The number of hydrogen-bond donors (Lipinski definition) is 3. The lowest BCUT2D eigenvalue weighted by atomic mass is 9.91. The molecule has 0 aromatic carbocycles. The number of likely N-dealkylation sites (N-methyl/N-ethyl adjacent to an activating group) is 1. The number of ketones is 1. The fourth-order valence-corrected chi connectivity index (χ4v) is 3.62. The summed E-state index contributed by atoms with van der Waals surface area (Å²) in [6, 6.07) is -1.48. The maximum atomic E-state index is 12.8. The summed E-state index contributed by atoms with van der Waals surface area (Å²) in [6.07, 6.45) is -0.173. The average molecular weight is 400 g/mol. The van der Waals surface area contributed by atoms with E-state index < -0.39 is 30.0 Å². The molecule has 0 bridgehead atoms. The van der Waals surface area contributed by atoms with Crippen LogP contribution in [0.4, 0.5) is 0 Å². The number of nitrogens with one attached hydrogen (secondary N) is 1. The smallest absolute Gasteiger partial charge is 0.240 e. The van der Waals surface area contributed by atoms with Crippen molar-refractivity contribution in [2.24, 2.45) is 11.8 Å². The molecule has 0 saturated carbocycles. The number of carbonyl (C=O) groups excluding carboxylic acids is 3. The van der Waals surface area contributed by atoms with E-state index in [0.29, 0.717) is 25.9 Å². The lowest BCUT2D eigenvalue weighted by molar-refractivity contribution is -0.139. The number of aliphatic hydroxyl groups excluding tert-OH is 2. The van der Waals surface area contributed by atoms with Crippen molar-refractivity contribution in [2.45, 2.75) is 71.2 Å². The Morgan fingerprint density at radius 3 is 2.11 bits per heavy atom. The molecule has 2 amide bonds. The Morgan fingerprint density at radius 1 is 1.14 bits per heavy atom. The van der Waals surface area contributed by atoms with Crippen molar-refractivity contribution in [1.82, 2.24) is 15.1 Å². The third-order valence-corrected chi connectivity index (χ3v) is 5.45. The predicted octanol–water partition coefficient (Wildman–Crippen LogP) is 0.0168. The molecule has 28 heavy (non-hydrogen) atoms. The van der Waals surface area contributed by atoms with Crippen molar-refractivity contribution in [1.29, 1.82) is 0 Å². The Hall–Kier alpha value is -1.51. The monoisotopic (exact) mass is 399 g/mol. The maximum Gasteiger partial charge on any atom is 0.240 e. The largest absolute Gasteiger partial charge is 0.393 e. The Balaban J connectivity index is 2.76. The molecule has 8 nitrogen and oxygen atoms in total. The van der Waals surface area contributed by atoms with Gasteiger partial charge in [-0.15, -0.1) is 0 Å². The highest BCUT2D eigenvalue weighted by atomic mass is 16.3. The molecule has 0 unspecified atom stereocenters. The van der Waals surface area contributed by atoms with Gasteiger partial charge in [0.05, 0.1) is 18.2 Å². The number of carbonyl (C=O) groups is 3. The average Bonchev–Trinajstić information content (AvgIpc) is 2.59. The second-order valence-corrected chi connectivity index (χ2v) is 8.53. The third kappa shape index (κ3) is 6.83. The molecule has 1 aliphatic rings. The maximum absolute atomic E-state index is 12.8. The minimum Gasteiger partial charge on any atom is -0.393 e. The zero-order chi connectivity index (χ0) is 21.6. The SMILES string of the molecule is CC(=O)[C@H](NC(=O)[C@@H]([C@H](O)[C@H](C)CC(=O)N1CCC(O)CC1)N(C)C)C(C)C. The standard InChI is InChI=1S/C20H37N3O5/c1-12(2)17(14(4)24)21-20(28)18(22(5)6)19(27)13(3)11-16(26)23-9-7-15(25)8-10-23/h12-13,15,17-19,25,27H,7-11H2,1-6H3,(H,21,28)/t13-,17-,18-,19-/m1/s1. The summed E-state index contributed by atoms with van der Waals surface area (Å²) in [5.41, 5.74) is 0. The number of aliphatic hydroxyl groups is 2. The lowest BCUT2D eigenvalue weighted by Crippen LogP contribution is -2.57. The number of likely N-dealkylation sites (tertiary alicyclic amines) is 1. The van der Waals surface area contributed by atoms with Gasteiger partial charge >= 0.3 is 0 Å². The summed E-state index contributed by atoms with van der Waals surface area (Å²) >= 11 is 0. The molecule has 0 aromatic rings. The van der Waals surface area contributed by atoms with Gasteiger partial charge in [0.25, 0.3) is 0 Å². The fourth-order valence-electron chi connectivity index (χ4n) is 3.62. The first kappa shape index (κ1) is 24.5. The minimum absolute atomic E-state index is 0.0603. The van der Waals surface area contributed by atoms with Gasteiger partial charge < -0.3 is 20.4 Å². The van der Waals surface area contributed by atoms with Crippen LogP contribution in [0.1, 0.15) is 47.0 Å². The molecule has 8 heteroatoms. The molecule has 0 aromatic heterocycles. The second kappa shape index (κ2) is 10.9. The highest BCUT2D eigenvalue weighted by Crippen LogP contribution is 2.19. The zero-order valence-electron chi connectivity index (χ0n) is 18.0. The molecule has 0 aliphatic carbocycles. The predicted molar refractivity (Wildman–Crippen MR) is 107 cm³/mol. The van der Waals surface area contributed by atoms with Gasteiger partial charge in [0.2, 0.25) is 11.8 Å². The first-order valence-corrected chi connectivity index (χ1v) is 10.1. The summed E-state index contributed by atoms with van der Waals surface area (Å²) in [5, 5.41) is 23.1. The summed E-state index contributed by atoms with van der Waals surface area (Å²) in [7, 11) is 3.37. The molecule has 1 saturated heterocycles. The number of Topliss-reactive ketones (excluding diaryl/α,β-unsaturated/α-hetero) is 1. The number of piperidine rings is 1. The Bertz CT molecular complexity index is 544. The number of rotatable bonds is 9. The van der Waals surface area contributed by atoms with Crippen LogP contribution < -0.4 is 5.32 Å². The Labute approximate surface area is 168 Å². The zero-order valence-corrected chi connectivity index (χ0v) is 18.0. The normalized spacial score (nSPS) is 20.0. The van der Waals surface area contributed by atoms with Gasteiger partial charge in [-0.3, -0.25) is 19.3 Å². The molecule has 3 N–H and O–H groups in total. The summed E-state index contributed by atoms with van der Waals surface area (Å²) in [6.45, 7) is 7.90. The minimum atomic E-state index is -1.06. The highest BCUT2D eigenvalue weighted by Gasteiger charge is 2.36. The van der Waals surface area contributed by atoms with Crippen LogP contribution in [0, 0.1) is 11.8 Å². The second-order valence-electron chi connectivity index (χ2n) is 8.53. The van der Waals surface area contributed by atoms with E-state index in [-0.39, 0.29) is 30.1 Å². The van der Waals surface area contributed by atoms with E-state index in [0.717, 1.165) is 0 Å². The number of hydrogen-bond acceptors (Lipinski definition) is 6. The van der Waals surface area contributed by atoms with Crippen molar-refractivity contribution in [3.63, 3.8) is 0 Å². The van der Waals surface area contributed by atoms with Gasteiger partial charge in [-0.2, -0.15) is 0 Å². The number of nitrogens with zero attached hydrogens (tertiary/aromatic N) is 2. The van der Waals surface area contributed by atoms with Crippen LogP contribution >= 0.6 is 0 Å². The van der Waals surface area contributed by atoms with E-state index in [4.69, 9.17) is 0 Å². The van der Waals surface area contributed by atoms with Crippen molar-refractivity contribution < 1.29 is 24.6 Å². The summed E-state index contributed by atoms with van der Waals surface area (Å²) in [5.74, 6) is -1.14. The fraction of sp³-hybridized carbons (Fsp3) is 0.850. The van der Waals surface area contributed by atoms with E-state index >= 15 is 0 Å². The van der Waals surface area contributed by atoms with Gasteiger partial charge in [0, 0.05) is 19.5 Å². The van der Waals surface area contributed by atoms with Crippen LogP contribution in [0.3, 0.4) is 0 Å². The molecule has 1 rings (SSSR count). The summed E-state index contributed by atoms with van der Waals surface area (Å²) < 4.78 is 0. The van der Waals surface area contributed by atoms with Crippen molar-refractivity contribution >= 4 is 17.6 Å². The summed E-state index contributed by atoms with van der Waals surface area (Å²) in [4.78, 5) is 40.4. The first-order chi connectivity index (χ1) is 13.0. The lowest BCUT2D eigenvalue weighted by Gasteiger charge is -2.34. The van der Waals surface area contributed by atoms with Gasteiger partial charge in [0.1, 0.15) is 6.04 Å². The molecule has 0 spiro atoms. The molecular weight excluding hydrogens is 362 g/mol. The molecule has 1 heterocycles. The van der Waals surface area contributed by atoms with Crippen LogP contribution in [-0.4, -0.2) is 89.1 Å². The topological polar surface area (TPSA) is 110 Å². The molecule has 0 radical (unpaired) electrons. The van der Waals surface area contributed by atoms with Crippen molar-refractivity contribution in [3.05, 3.63) is 0 Å². The molecule has 1 fully saturated rings. The Kier molecular flexibility index (Phi) is 9.53. The molecule has 1 aliphatic heterocycles. The van der Waals surface area contributed by atoms with Crippen LogP contribution in [-0.2, 0) is 14.4 Å².